The molecule has 0 spiro atoms. The zero-order chi connectivity index (χ0) is 30.9. The number of ether oxygens (including phenoxy) is 2. The number of urea groups is 1. The molecule has 1 aromatic carbocycles. The Kier molecular flexibility index (Phi) is 10.0. The van der Waals surface area contributed by atoms with Crippen molar-refractivity contribution in [3.8, 4) is 0 Å². The molecule has 2 aliphatic heterocycles. The van der Waals surface area contributed by atoms with E-state index in [1.54, 1.807) is 30.2 Å². The molecule has 2 amide bonds. The summed E-state index contributed by atoms with van der Waals surface area (Å²) < 4.78 is 12.1. The molecule has 1 atom stereocenters. The van der Waals surface area contributed by atoms with E-state index in [9.17, 15) is 19.7 Å². The number of likely N-dealkylation sites (N-methyl/N-ethyl adjacent to an activating group) is 1. The fourth-order valence-corrected chi connectivity index (χ4v) is 6.01. The van der Waals surface area contributed by atoms with Crippen molar-refractivity contribution in [2.45, 2.75) is 51.7 Å². The summed E-state index contributed by atoms with van der Waals surface area (Å²) in [5.41, 5.74) is 0.247. The average molecular weight is 629 g/mol. The van der Waals surface area contributed by atoms with Crippen LogP contribution in [-0.4, -0.2) is 88.1 Å². The van der Waals surface area contributed by atoms with Crippen LogP contribution in [0.5, 0.6) is 0 Å². The number of nitro benzene ring substituents is 1. The fourth-order valence-electron chi connectivity index (χ4n) is 6.01. The molecule has 1 fully saturated rings. The third-order valence-electron chi connectivity index (χ3n) is 8.14. The van der Waals surface area contributed by atoms with Gasteiger partial charge in [0.05, 0.1) is 29.3 Å². The maximum atomic E-state index is 13.9. The number of hydrogen-bond donors (Lipinski definition) is 2. The van der Waals surface area contributed by atoms with Gasteiger partial charge in [-0.1, -0.05) is 0 Å². The Balaban J connectivity index is 0.00000442. The van der Waals surface area contributed by atoms with Crippen LogP contribution >= 0.6 is 13.5 Å². The Bertz CT molecular complexity index is 1540. The molecule has 0 saturated carbocycles. The van der Waals surface area contributed by atoms with Crippen molar-refractivity contribution in [3.05, 3.63) is 51.8 Å². The van der Waals surface area contributed by atoms with Gasteiger partial charge in [0.25, 0.3) is 5.69 Å². The summed E-state index contributed by atoms with van der Waals surface area (Å²) >= 11 is 0. The van der Waals surface area contributed by atoms with Crippen LogP contribution in [0.3, 0.4) is 0 Å². The first kappa shape index (κ1) is 33.0. The number of rotatable bonds is 8. The summed E-state index contributed by atoms with van der Waals surface area (Å²) in [6.45, 7) is 7.85. The highest BCUT2D eigenvalue weighted by molar-refractivity contribution is 7.59. The number of nitro groups is 1. The molecule has 238 valence electrons. The highest BCUT2D eigenvalue weighted by Gasteiger charge is 2.47. The van der Waals surface area contributed by atoms with Gasteiger partial charge in [0.15, 0.2) is 5.82 Å². The summed E-state index contributed by atoms with van der Waals surface area (Å²) in [5, 5.41) is 23.6. The van der Waals surface area contributed by atoms with Gasteiger partial charge in [-0.15, -0.1) is 5.10 Å². The Labute approximate surface area is 262 Å². The molecule has 0 radical (unpaired) electrons. The molecule has 2 aromatic heterocycles. The predicted molar refractivity (Wildman–Crippen MR) is 170 cm³/mol. The number of aromatic nitrogens is 3. The average Bonchev–Trinajstić information content (AvgIpc) is 3.47. The number of non-ortho nitro benzene ring substituents is 1. The second-order valence-corrected chi connectivity index (χ2v) is 11.6. The van der Waals surface area contributed by atoms with Gasteiger partial charge in [0.2, 0.25) is 0 Å². The van der Waals surface area contributed by atoms with E-state index < -0.39 is 16.6 Å². The van der Waals surface area contributed by atoms with Crippen LogP contribution in [0.15, 0.2) is 30.5 Å². The molecule has 2 N–H and O–H groups in total. The lowest BCUT2D eigenvalue weighted by Gasteiger charge is -2.37. The van der Waals surface area contributed by atoms with Crippen LogP contribution in [0.25, 0.3) is 10.8 Å². The van der Waals surface area contributed by atoms with Crippen LogP contribution in [0.2, 0.25) is 0 Å². The van der Waals surface area contributed by atoms with Crippen LogP contribution in [0.1, 0.15) is 44.9 Å². The zero-order valence-corrected chi connectivity index (χ0v) is 26.6. The molecule has 14 nitrogen and oxygen atoms in total. The molecule has 0 bridgehead atoms. The molecular weight excluding hydrogens is 588 g/mol. The van der Waals surface area contributed by atoms with E-state index in [0.29, 0.717) is 53.4 Å². The number of fused-ring (bicyclic) bond motifs is 2. The van der Waals surface area contributed by atoms with Gasteiger partial charge in [-0.05, 0) is 71.1 Å². The number of anilines is 2. The van der Waals surface area contributed by atoms with Gasteiger partial charge in [-0.25, -0.2) is 14.6 Å². The minimum Gasteiger partial charge on any atom is -0.448 e. The third-order valence-corrected chi connectivity index (χ3v) is 8.14. The van der Waals surface area contributed by atoms with Gasteiger partial charge < -0.3 is 29.9 Å². The molecule has 44 heavy (non-hydrogen) atoms. The molecule has 15 heteroatoms. The summed E-state index contributed by atoms with van der Waals surface area (Å²) in [4.78, 5) is 46.1. The van der Waals surface area contributed by atoms with Gasteiger partial charge >= 0.3 is 12.1 Å². The van der Waals surface area contributed by atoms with Crippen molar-refractivity contribution in [3.63, 3.8) is 0 Å². The monoisotopic (exact) mass is 628 g/mol. The van der Waals surface area contributed by atoms with Gasteiger partial charge in [0, 0.05) is 55.1 Å². The Morgan fingerprint density at radius 3 is 2.61 bits per heavy atom. The van der Waals surface area contributed by atoms with Crippen molar-refractivity contribution in [1.29, 1.82) is 0 Å². The van der Waals surface area contributed by atoms with Gasteiger partial charge in [-0.3, -0.25) is 10.1 Å². The number of carbonyl (C=O) groups is 2. The lowest BCUT2D eigenvalue weighted by Crippen LogP contribution is -2.54. The zero-order valence-electron chi connectivity index (χ0n) is 25.6. The van der Waals surface area contributed by atoms with E-state index in [2.05, 4.69) is 25.6 Å². The molecule has 1 saturated heterocycles. The smallest absolute Gasteiger partial charge is 0.435 e. The SMILES string of the molecule is CCOC(=O)n1nc(Nc2nccc3cc([N+](=O)[O-])ccc23)c2c1C(C)(C)N(C(=O)N[C@H](CN(C)C)C1CCOCC1)C2.S. The lowest BCUT2D eigenvalue weighted by molar-refractivity contribution is -0.384. The normalized spacial score (nSPS) is 16.7. The highest BCUT2D eigenvalue weighted by atomic mass is 32.1. The molecule has 4 heterocycles. The highest BCUT2D eigenvalue weighted by Crippen LogP contribution is 2.43. The molecule has 0 aliphatic carbocycles. The largest absolute Gasteiger partial charge is 0.448 e. The van der Waals surface area contributed by atoms with Crippen LogP contribution in [0.4, 0.5) is 26.9 Å². The van der Waals surface area contributed by atoms with E-state index >= 15 is 0 Å². The summed E-state index contributed by atoms with van der Waals surface area (Å²) in [5.74, 6) is 1.04. The number of hydrogen-bond acceptors (Lipinski definition) is 10. The summed E-state index contributed by atoms with van der Waals surface area (Å²) in [6, 6.07) is 5.88. The first-order valence-corrected chi connectivity index (χ1v) is 14.4. The lowest BCUT2D eigenvalue weighted by atomic mass is 9.91. The second kappa shape index (κ2) is 13.4. The topological polar surface area (TPSA) is 157 Å². The number of amides is 2. The van der Waals surface area contributed by atoms with E-state index in [1.165, 1.54) is 16.8 Å². The van der Waals surface area contributed by atoms with Crippen molar-refractivity contribution >= 4 is 53.7 Å². The van der Waals surface area contributed by atoms with Crippen LogP contribution in [-0.2, 0) is 21.6 Å². The molecular formula is C29H40N8O6S. The number of nitrogens with zero attached hydrogens (tertiary/aromatic N) is 6. The first-order chi connectivity index (χ1) is 20.5. The Hall–Kier alpha value is -3.95. The van der Waals surface area contributed by atoms with Gasteiger partial charge in [-0.2, -0.15) is 18.2 Å². The summed E-state index contributed by atoms with van der Waals surface area (Å²) in [7, 11) is 3.97. The number of benzene rings is 1. The Morgan fingerprint density at radius 2 is 1.95 bits per heavy atom. The van der Waals surface area contributed by atoms with Crippen molar-refractivity contribution in [1.82, 2.24) is 29.9 Å². The second-order valence-electron chi connectivity index (χ2n) is 11.6. The van der Waals surface area contributed by atoms with Crippen molar-refractivity contribution < 1.29 is 24.0 Å². The van der Waals surface area contributed by atoms with Crippen molar-refractivity contribution in [2.75, 3.05) is 45.8 Å². The number of carbonyl (C=O) groups excluding carboxylic acids is 2. The molecule has 0 unspecified atom stereocenters. The Morgan fingerprint density at radius 1 is 1.23 bits per heavy atom. The van der Waals surface area contributed by atoms with Crippen LogP contribution in [0, 0.1) is 16.0 Å². The molecule has 5 rings (SSSR count). The minimum atomic E-state index is -0.912. The maximum absolute atomic E-state index is 13.9. The number of pyridine rings is 1. The minimum absolute atomic E-state index is 0. The van der Waals surface area contributed by atoms with E-state index in [4.69, 9.17) is 9.47 Å². The quantitative estimate of drug-likeness (QED) is 0.272. The van der Waals surface area contributed by atoms with Crippen molar-refractivity contribution in [2.24, 2.45) is 5.92 Å². The summed E-state index contributed by atoms with van der Waals surface area (Å²) in [6.07, 6.45) is 2.63. The third kappa shape index (κ3) is 6.44. The van der Waals surface area contributed by atoms with E-state index in [1.807, 2.05) is 27.9 Å². The van der Waals surface area contributed by atoms with E-state index in [0.717, 1.165) is 12.8 Å². The maximum Gasteiger partial charge on any atom is 0.435 e. The number of nitrogens with one attached hydrogen (secondary N) is 2. The van der Waals surface area contributed by atoms with Gasteiger partial charge in [0.1, 0.15) is 5.82 Å². The molecule has 2 aliphatic rings. The van der Waals surface area contributed by atoms with E-state index in [-0.39, 0.29) is 50.3 Å². The first-order valence-electron chi connectivity index (χ1n) is 14.4. The standard InChI is InChI=1S/C29H38N8O6.H2S/c1-6-43-28(39)36-24-22(26(33-36)32-25-21-8-7-20(37(40)41)15-19(21)9-12-30-25)16-35(29(24,2)3)27(38)31-23(17-34(4)5)18-10-13-42-14-11-18;/h7-9,12,15,18,23H,6,10-11,13-14,16-17H2,1-5H3,(H,31,38)(H,30,32,33);1H2/t23-;/m1./s1. The molecule has 3 aromatic rings. The fraction of sp³-hybridized carbons (Fsp3) is 0.517. The predicted octanol–water partition coefficient (Wildman–Crippen LogP) is 4.32. The van der Waals surface area contributed by atoms with Crippen LogP contribution < -0.4 is 10.6 Å².